The smallest absolute Gasteiger partial charge is 0.326 e. The minimum Gasteiger partial charge on any atom is -0.493 e. The van der Waals surface area contributed by atoms with E-state index in [1.807, 2.05) is 18.2 Å². The van der Waals surface area contributed by atoms with Crippen LogP contribution in [0.1, 0.15) is 45.1 Å². The molecule has 0 bridgehead atoms. The molecule has 24 heavy (non-hydrogen) atoms. The summed E-state index contributed by atoms with van der Waals surface area (Å²) in [7, 11) is 1.61. The highest BCUT2D eigenvalue weighted by molar-refractivity contribution is 5.80. The lowest BCUT2D eigenvalue weighted by molar-refractivity contribution is -0.151. The maximum Gasteiger partial charge on any atom is 0.326 e. The number of carbonyl (C=O) groups excluding carboxylic acids is 1. The van der Waals surface area contributed by atoms with Gasteiger partial charge in [0, 0.05) is 6.42 Å². The first-order valence-electron chi connectivity index (χ1n) is 8.44. The van der Waals surface area contributed by atoms with Crippen LogP contribution >= 0.6 is 0 Å². The second-order valence-electron chi connectivity index (χ2n) is 6.35. The number of nitrogens with zero attached hydrogens (tertiary/aromatic N) is 1. The van der Waals surface area contributed by atoms with E-state index in [1.165, 1.54) is 12.8 Å². The molecular formula is C19H25NO4. The second-order valence-corrected chi connectivity index (χ2v) is 6.35. The van der Waals surface area contributed by atoms with Crippen LogP contribution in [0.2, 0.25) is 0 Å². The molecule has 2 rings (SSSR count). The van der Waals surface area contributed by atoms with Crippen LogP contribution in [0, 0.1) is 16.7 Å². The number of esters is 1. The van der Waals surface area contributed by atoms with Gasteiger partial charge in [-0.25, -0.2) is 0 Å². The Bertz CT molecular complexity index is 616. The molecule has 1 fully saturated rings. The summed E-state index contributed by atoms with van der Waals surface area (Å²) >= 11 is 0. The molecule has 1 unspecified atom stereocenters. The van der Waals surface area contributed by atoms with Crippen LogP contribution in [0.3, 0.4) is 0 Å². The number of nitriles is 1. The minimum absolute atomic E-state index is 0.210. The molecule has 0 spiro atoms. The van der Waals surface area contributed by atoms with Crippen LogP contribution in [-0.4, -0.2) is 25.8 Å². The zero-order valence-electron chi connectivity index (χ0n) is 14.6. The minimum atomic E-state index is -1.21. The first-order chi connectivity index (χ1) is 11.5. The summed E-state index contributed by atoms with van der Waals surface area (Å²) in [6.07, 6.45) is 4.94. The number of ether oxygens (including phenoxy) is 3. The van der Waals surface area contributed by atoms with Gasteiger partial charge < -0.3 is 14.2 Å². The quantitative estimate of drug-likeness (QED) is 0.713. The normalized spacial score (nSPS) is 16.9. The fourth-order valence-electron chi connectivity index (χ4n) is 2.96. The highest BCUT2D eigenvalue weighted by atomic mass is 16.5. The van der Waals surface area contributed by atoms with Gasteiger partial charge in [-0.15, -0.1) is 0 Å². The van der Waals surface area contributed by atoms with Crippen LogP contribution < -0.4 is 9.47 Å². The molecule has 0 heterocycles. The van der Waals surface area contributed by atoms with Gasteiger partial charge in [0.05, 0.1) is 25.9 Å². The molecule has 5 heteroatoms. The van der Waals surface area contributed by atoms with E-state index in [0.717, 1.165) is 18.4 Å². The van der Waals surface area contributed by atoms with E-state index in [4.69, 9.17) is 14.2 Å². The number of hydrogen-bond acceptors (Lipinski definition) is 5. The van der Waals surface area contributed by atoms with Crippen LogP contribution in [0.4, 0.5) is 0 Å². The first-order valence-corrected chi connectivity index (χ1v) is 8.44. The summed E-state index contributed by atoms with van der Waals surface area (Å²) in [6, 6.07) is 7.63. The second kappa shape index (κ2) is 8.05. The van der Waals surface area contributed by atoms with Gasteiger partial charge in [-0.1, -0.05) is 6.07 Å². The third kappa shape index (κ3) is 4.19. The van der Waals surface area contributed by atoms with E-state index in [9.17, 15) is 10.1 Å². The van der Waals surface area contributed by atoms with E-state index in [1.54, 1.807) is 21.0 Å². The maximum absolute atomic E-state index is 12.1. The van der Waals surface area contributed by atoms with Gasteiger partial charge in [0.2, 0.25) is 0 Å². The molecule has 0 radical (unpaired) electrons. The Morgan fingerprint density at radius 2 is 2.04 bits per heavy atom. The summed E-state index contributed by atoms with van der Waals surface area (Å²) in [5.74, 6) is 0.841. The Morgan fingerprint density at radius 3 is 2.62 bits per heavy atom. The molecule has 0 saturated heterocycles. The van der Waals surface area contributed by atoms with Gasteiger partial charge in [0.1, 0.15) is 0 Å². The molecule has 1 aliphatic carbocycles. The SMILES string of the molecule is CCOC(=O)C(C)(C#N)Cc1ccc(OC)c(OC2CCCC2)c1. The molecule has 1 aliphatic rings. The summed E-state index contributed by atoms with van der Waals surface area (Å²) in [5.41, 5.74) is -0.365. The van der Waals surface area contributed by atoms with Crippen molar-refractivity contribution in [2.45, 2.75) is 52.1 Å². The van der Waals surface area contributed by atoms with Gasteiger partial charge in [0.25, 0.3) is 0 Å². The van der Waals surface area contributed by atoms with Crippen LogP contribution in [0.5, 0.6) is 11.5 Å². The molecular weight excluding hydrogens is 306 g/mol. The van der Waals surface area contributed by atoms with Crippen molar-refractivity contribution < 1.29 is 19.0 Å². The molecule has 0 aromatic heterocycles. The van der Waals surface area contributed by atoms with Gasteiger partial charge >= 0.3 is 5.97 Å². The van der Waals surface area contributed by atoms with Crippen molar-refractivity contribution in [2.24, 2.45) is 5.41 Å². The predicted octanol–water partition coefficient (Wildman–Crippen LogP) is 3.65. The van der Waals surface area contributed by atoms with Crippen LogP contribution in [0.15, 0.2) is 18.2 Å². The maximum atomic E-state index is 12.1. The number of rotatable bonds is 7. The summed E-state index contributed by atoms with van der Waals surface area (Å²) < 4.78 is 16.5. The number of hydrogen-bond donors (Lipinski definition) is 0. The molecule has 1 aromatic carbocycles. The van der Waals surface area contributed by atoms with Gasteiger partial charge in [0.15, 0.2) is 16.9 Å². The van der Waals surface area contributed by atoms with Crippen molar-refractivity contribution >= 4 is 5.97 Å². The zero-order valence-corrected chi connectivity index (χ0v) is 14.6. The van der Waals surface area contributed by atoms with Crippen molar-refractivity contribution in [3.63, 3.8) is 0 Å². The van der Waals surface area contributed by atoms with E-state index in [2.05, 4.69) is 6.07 Å². The largest absolute Gasteiger partial charge is 0.493 e. The summed E-state index contributed by atoms with van der Waals surface area (Å²) in [6.45, 7) is 3.60. The van der Waals surface area contributed by atoms with Crippen LogP contribution in [0.25, 0.3) is 0 Å². The predicted molar refractivity (Wildman–Crippen MR) is 89.9 cm³/mol. The van der Waals surface area contributed by atoms with E-state index in [0.29, 0.717) is 11.5 Å². The van der Waals surface area contributed by atoms with Gasteiger partial charge in [-0.2, -0.15) is 5.26 Å². The lowest BCUT2D eigenvalue weighted by atomic mass is 9.85. The highest BCUT2D eigenvalue weighted by Gasteiger charge is 2.35. The number of benzene rings is 1. The number of methoxy groups -OCH3 is 1. The third-order valence-corrected chi connectivity index (χ3v) is 4.35. The van der Waals surface area contributed by atoms with Crippen molar-refractivity contribution in [3.05, 3.63) is 23.8 Å². The van der Waals surface area contributed by atoms with Crippen LogP contribution in [-0.2, 0) is 16.0 Å². The Hall–Kier alpha value is -2.22. The standard InChI is InChI=1S/C19H25NO4/c1-4-23-18(21)19(2,13-20)12-14-9-10-16(22-3)17(11-14)24-15-7-5-6-8-15/h9-11,15H,4-8,12H2,1-3H3. The Labute approximate surface area is 143 Å². The van der Waals surface area contributed by atoms with E-state index in [-0.39, 0.29) is 19.1 Å². The molecule has 1 aromatic rings. The lowest BCUT2D eigenvalue weighted by Crippen LogP contribution is -2.30. The van der Waals surface area contributed by atoms with Crippen molar-refractivity contribution in [1.82, 2.24) is 0 Å². The summed E-state index contributed by atoms with van der Waals surface area (Å²) in [4.78, 5) is 12.1. The molecule has 5 nitrogen and oxygen atoms in total. The average molecular weight is 331 g/mol. The third-order valence-electron chi connectivity index (χ3n) is 4.35. The Balaban J connectivity index is 2.20. The number of carbonyl (C=O) groups is 1. The Kier molecular flexibility index (Phi) is 6.08. The Morgan fingerprint density at radius 1 is 1.33 bits per heavy atom. The van der Waals surface area contributed by atoms with Gasteiger partial charge in [-0.05, 0) is 57.2 Å². The lowest BCUT2D eigenvalue weighted by Gasteiger charge is -2.21. The molecule has 1 saturated carbocycles. The van der Waals surface area contributed by atoms with Gasteiger partial charge in [-0.3, -0.25) is 4.79 Å². The molecule has 130 valence electrons. The molecule has 0 aliphatic heterocycles. The van der Waals surface area contributed by atoms with Crippen molar-refractivity contribution in [2.75, 3.05) is 13.7 Å². The topological polar surface area (TPSA) is 68.6 Å². The van der Waals surface area contributed by atoms with Crippen molar-refractivity contribution in [3.8, 4) is 17.6 Å². The first kappa shape index (κ1) is 18.1. The molecule has 1 atom stereocenters. The van der Waals surface area contributed by atoms with E-state index >= 15 is 0 Å². The average Bonchev–Trinajstić information content (AvgIpc) is 3.08. The monoisotopic (exact) mass is 331 g/mol. The molecule has 0 N–H and O–H groups in total. The zero-order chi connectivity index (χ0) is 17.6. The highest BCUT2D eigenvalue weighted by Crippen LogP contribution is 2.34. The van der Waals surface area contributed by atoms with E-state index < -0.39 is 11.4 Å². The van der Waals surface area contributed by atoms with Crippen molar-refractivity contribution in [1.29, 1.82) is 5.26 Å². The fourth-order valence-corrected chi connectivity index (χ4v) is 2.96. The fraction of sp³-hybridized carbons (Fsp3) is 0.579. The molecule has 0 amide bonds. The summed E-state index contributed by atoms with van der Waals surface area (Å²) in [5, 5.41) is 9.44.